The molecule has 0 aromatic rings. The van der Waals surface area contributed by atoms with Crippen LogP contribution >= 0.6 is 0 Å². The summed E-state index contributed by atoms with van der Waals surface area (Å²) in [6.45, 7) is 1.94. The Morgan fingerprint density at radius 2 is 1.21 bits per heavy atom. The van der Waals surface area contributed by atoms with Crippen LogP contribution in [-0.4, -0.2) is 94.2 Å². The largest absolute Gasteiger partial charge is 0.481 e. The third-order valence-corrected chi connectivity index (χ3v) is 2.46. The van der Waals surface area contributed by atoms with Gasteiger partial charge in [0, 0.05) is 19.6 Å². The summed E-state index contributed by atoms with van der Waals surface area (Å²) in [5.41, 5.74) is -1.39. The van der Waals surface area contributed by atoms with Gasteiger partial charge in [0.05, 0.1) is 33.0 Å². The minimum Gasteiger partial charge on any atom is -0.481 e. The third-order valence-electron chi connectivity index (χ3n) is 2.46. The molecule has 0 unspecified atom stereocenters. The van der Waals surface area contributed by atoms with Gasteiger partial charge >= 0.3 is 5.97 Å². The van der Waals surface area contributed by atoms with E-state index in [4.69, 9.17) is 30.6 Å². The van der Waals surface area contributed by atoms with E-state index in [1.54, 1.807) is 4.90 Å². The predicted octanol–water partition coefficient (Wildman–Crippen LogP) is -2.67. The van der Waals surface area contributed by atoms with Gasteiger partial charge in [-0.3, -0.25) is 9.69 Å². The van der Waals surface area contributed by atoms with E-state index >= 15 is 0 Å². The van der Waals surface area contributed by atoms with Crippen LogP contribution < -0.4 is 0 Å². The number of aliphatic hydroxyl groups is 5. The molecule has 8 heteroatoms. The quantitative estimate of drug-likeness (QED) is 0.269. The van der Waals surface area contributed by atoms with Gasteiger partial charge in [0.1, 0.15) is 5.41 Å². The van der Waals surface area contributed by atoms with Crippen molar-refractivity contribution in [1.29, 1.82) is 0 Å². The Kier molecular flexibility index (Phi) is 13.3. The Morgan fingerprint density at radius 3 is 1.32 bits per heavy atom. The molecule has 0 radical (unpaired) electrons. The van der Waals surface area contributed by atoms with Crippen molar-refractivity contribution in [2.45, 2.75) is 6.92 Å². The van der Waals surface area contributed by atoms with E-state index in [1.807, 2.05) is 0 Å². The number of hydrogen-bond donors (Lipinski definition) is 6. The molecular formula is C11H25NO7. The summed E-state index contributed by atoms with van der Waals surface area (Å²) >= 11 is 0. The van der Waals surface area contributed by atoms with Gasteiger partial charge in [0.2, 0.25) is 0 Å². The van der Waals surface area contributed by atoms with Gasteiger partial charge in [0.15, 0.2) is 0 Å². The molecule has 0 spiro atoms. The predicted molar refractivity (Wildman–Crippen MR) is 67.6 cm³/mol. The monoisotopic (exact) mass is 283 g/mol. The van der Waals surface area contributed by atoms with E-state index in [9.17, 15) is 4.79 Å². The van der Waals surface area contributed by atoms with Crippen molar-refractivity contribution >= 4 is 5.97 Å². The van der Waals surface area contributed by atoms with Crippen LogP contribution in [0.1, 0.15) is 6.92 Å². The average Bonchev–Trinajstić information content (AvgIpc) is 2.39. The first-order valence-electron chi connectivity index (χ1n) is 5.91. The molecule has 0 fully saturated rings. The third kappa shape index (κ3) is 9.77. The van der Waals surface area contributed by atoms with Crippen LogP contribution in [0.25, 0.3) is 0 Å². The summed E-state index contributed by atoms with van der Waals surface area (Å²) < 4.78 is 0. The number of aliphatic carboxylic acids is 1. The molecule has 0 amide bonds. The number of carbonyl (C=O) groups is 1. The molecule has 6 N–H and O–H groups in total. The lowest BCUT2D eigenvalue weighted by Crippen LogP contribution is -2.35. The Labute approximate surface area is 112 Å². The highest BCUT2D eigenvalue weighted by Gasteiger charge is 2.31. The summed E-state index contributed by atoms with van der Waals surface area (Å²) in [5, 5.41) is 50.6. The zero-order chi connectivity index (χ0) is 15.3. The van der Waals surface area contributed by atoms with Crippen LogP contribution in [0.2, 0.25) is 0 Å². The van der Waals surface area contributed by atoms with Crippen LogP contribution in [0.15, 0.2) is 0 Å². The standard InChI is InChI=1S/C6H15NO3.C5H10O4/c8-4-1-7(2-5-9)3-6-10;1-5(2-6,3-7)4(8)9/h8-10H,1-6H2;6-7H,2-3H2,1H3,(H,8,9). The summed E-state index contributed by atoms with van der Waals surface area (Å²) in [7, 11) is 0. The minimum atomic E-state index is -1.39. The molecule has 0 aliphatic carbocycles. The number of aliphatic hydroxyl groups excluding tert-OH is 5. The van der Waals surface area contributed by atoms with Gasteiger partial charge < -0.3 is 30.6 Å². The second-order valence-electron chi connectivity index (χ2n) is 4.19. The fourth-order valence-corrected chi connectivity index (χ4v) is 0.945. The number of carboxylic acid groups (broad SMARTS) is 1. The SMILES string of the molecule is CC(CO)(CO)C(=O)O.OCCN(CCO)CCO. The molecule has 0 atom stereocenters. The first-order valence-corrected chi connectivity index (χ1v) is 5.91. The fourth-order valence-electron chi connectivity index (χ4n) is 0.945. The molecule has 0 aromatic heterocycles. The maximum absolute atomic E-state index is 10.2. The van der Waals surface area contributed by atoms with Crippen LogP contribution in [0.5, 0.6) is 0 Å². The molecular weight excluding hydrogens is 258 g/mol. The van der Waals surface area contributed by atoms with Crippen LogP contribution in [0.4, 0.5) is 0 Å². The van der Waals surface area contributed by atoms with E-state index in [2.05, 4.69) is 0 Å². The minimum absolute atomic E-state index is 0.0694. The van der Waals surface area contributed by atoms with Gasteiger partial charge in [-0.25, -0.2) is 0 Å². The first-order chi connectivity index (χ1) is 8.91. The maximum Gasteiger partial charge on any atom is 0.314 e. The highest BCUT2D eigenvalue weighted by atomic mass is 16.4. The Balaban J connectivity index is 0. The Hall–Kier alpha value is -0.770. The Morgan fingerprint density at radius 1 is 0.895 bits per heavy atom. The second-order valence-corrected chi connectivity index (χ2v) is 4.19. The van der Waals surface area contributed by atoms with Gasteiger partial charge in [-0.1, -0.05) is 0 Å². The van der Waals surface area contributed by atoms with Crippen molar-refractivity contribution in [3.63, 3.8) is 0 Å². The molecule has 8 nitrogen and oxygen atoms in total. The van der Waals surface area contributed by atoms with Crippen molar-refractivity contribution in [3.8, 4) is 0 Å². The number of nitrogens with zero attached hydrogens (tertiary/aromatic N) is 1. The molecule has 0 saturated carbocycles. The number of carboxylic acids is 1. The van der Waals surface area contributed by atoms with Crippen LogP contribution in [0.3, 0.4) is 0 Å². The average molecular weight is 283 g/mol. The molecule has 0 rings (SSSR count). The Bertz CT molecular complexity index is 207. The molecule has 0 saturated heterocycles. The normalized spacial score (nSPS) is 11.1. The molecule has 0 aliphatic heterocycles. The smallest absolute Gasteiger partial charge is 0.314 e. The number of hydrogen-bond acceptors (Lipinski definition) is 7. The molecule has 19 heavy (non-hydrogen) atoms. The first kappa shape index (κ1) is 20.5. The van der Waals surface area contributed by atoms with Crippen molar-refractivity contribution < 1.29 is 35.4 Å². The molecule has 116 valence electrons. The van der Waals surface area contributed by atoms with Crippen LogP contribution in [-0.2, 0) is 4.79 Å². The van der Waals surface area contributed by atoms with E-state index in [-0.39, 0.29) is 19.8 Å². The van der Waals surface area contributed by atoms with E-state index in [0.29, 0.717) is 19.6 Å². The lowest BCUT2D eigenvalue weighted by Gasteiger charge is -2.17. The second kappa shape index (κ2) is 12.3. The topological polar surface area (TPSA) is 142 Å². The highest BCUT2D eigenvalue weighted by molar-refractivity contribution is 5.74. The van der Waals surface area contributed by atoms with Gasteiger partial charge in [-0.2, -0.15) is 0 Å². The molecule has 0 heterocycles. The van der Waals surface area contributed by atoms with Crippen molar-refractivity contribution in [3.05, 3.63) is 0 Å². The molecule has 0 aromatic carbocycles. The van der Waals surface area contributed by atoms with E-state index in [1.165, 1.54) is 6.92 Å². The summed E-state index contributed by atoms with van der Waals surface area (Å²) in [6.07, 6.45) is 0. The lowest BCUT2D eigenvalue weighted by atomic mass is 9.94. The zero-order valence-corrected chi connectivity index (χ0v) is 11.2. The van der Waals surface area contributed by atoms with E-state index in [0.717, 1.165) is 0 Å². The van der Waals surface area contributed by atoms with Crippen LogP contribution in [0, 0.1) is 5.41 Å². The lowest BCUT2D eigenvalue weighted by molar-refractivity contribution is -0.152. The van der Waals surface area contributed by atoms with E-state index < -0.39 is 24.6 Å². The van der Waals surface area contributed by atoms with Crippen molar-refractivity contribution in [1.82, 2.24) is 4.90 Å². The summed E-state index contributed by atoms with van der Waals surface area (Å²) in [6, 6.07) is 0. The van der Waals surface area contributed by atoms with Gasteiger partial charge in [-0.05, 0) is 6.92 Å². The molecule has 0 aliphatic rings. The number of rotatable bonds is 9. The zero-order valence-electron chi connectivity index (χ0n) is 11.2. The van der Waals surface area contributed by atoms with Gasteiger partial charge in [0.25, 0.3) is 0 Å². The maximum atomic E-state index is 10.2. The fraction of sp³-hybridized carbons (Fsp3) is 0.909. The van der Waals surface area contributed by atoms with Crippen molar-refractivity contribution in [2.75, 3.05) is 52.7 Å². The van der Waals surface area contributed by atoms with Crippen molar-refractivity contribution in [2.24, 2.45) is 5.41 Å². The van der Waals surface area contributed by atoms with Gasteiger partial charge in [-0.15, -0.1) is 0 Å². The molecule has 0 bridgehead atoms. The summed E-state index contributed by atoms with van der Waals surface area (Å²) in [5.74, 6) is -1.19. The highest BCUT2D eigenvalue weighted by Crippen LogP contribution is 2.12. The summed E-state index contributed by atoms with van der Waals surface area (Å²) in [4.78, 5) is 12.0.